The Morgan fingerprint density at radius 3 is 2.31 bits per heavy atom. The van der Waals surface area contributed by atoms with E-state index in [4.69, 9.17) is 0 Å². The molecule has 16 heavy (non-hydrogen) atoms. The average molecular weight is 310 g/mol. The molecular weight excluding hydrogens is 297 g/mol. The first-order valence-corrected chi connectivity index (χ1v) is 6.89. The minimum atomic E-state index is -3.85. The van der Waals surface area contributed by atoms with Gasteiger partial charge in [0, 0.05) is 10.0 Å². The lowest BCUT2D eigenvalue weighted by molar-refractivity contribution is 0.485. The Labute approximate surface area is 103 Å². The number of rotatable bonds is 2. The molecule has 0 atom stereocenters. The van der Waals surface area contributed by atoms with Crippen LogP contribution in [0.4, 0.5) is 4.39 Å². The molecule has 0 spiro atoms. The number of sulfonamides is 1. The first-order valence-electron chi connectivity index (χ1n) is 4.61. The summed E-state index contributed by atoms with van der Waals surface area (Å²) in [6.45, 7) is 5.08. The number of hydrogen-bond donors (Lipinski definition) is 1. The van der Waals surface area contributed by atoms with E-state index in [1.54, 1.807) is 20.8 Å². The molecule has 0 aliphatic carbocycles. The molecule has 90 valence electrons. The van der Waals surface area contributed by atoms with E-state index in [9.17, 15) is 12.8 Å². The fourth-order valence-electron chi connectivity index (χ4n) is 1.19. The Hall–Kier alpha value is -0.460. The second-order valence-electron chi connectivity index (χ2n) is 4.41. The Kier molecular flexibility index (Phi) is 3.76. The van der Waals surface area contributed by atoms with Crippen molar-refractivity contribution in [3.05, 3.63) is 28.5 Å². The molecule has 0 aliphatic rings. The van der Waals surface area contributed by atoms with Crippen molar-refractivity contribution in [3.8, 4) is 0 Å². The summed E-state index contributed by atoms with van der Waals surface area (Å²) in [7, 11) is -3.85. The summed E-state index contributed by atoms with van der Waals surface area (Å²) < 4.78 is 39.9. The quantitative estimate of drug-likeness (QED) is 0.913. The van der Waals surface area contributed by atoms with Crippen molar-refractivity contribution in [2.24, 2.45) is 0 Å². The molecule has 0 amide bonds. The van der Waals surface area contributed by atoms with Crippen LogP contribution in [-0.4, -0.2) is 14.0 Å². The van der Waals surface area contributed by atoms with Crippen molar-refractivity contribution in [1.29, 1.82) is 0 Å². The van der Waals surface area contributed by atoms with Crippen LogP contribution >= 0.6 is 15.9 Å². The predicted octanol–water partition coefficient (Wildman–Crippen LogP) is 2.67. The molecule has 1 aromatic rings. The summed E-state index contributed by atoms with van der Waals surface area (Å²) >= 11 is 3.03. The van der Waals surface area contributed by atoms with Gasteiger partial charge in [0.2, 0.25) is 10.0 Å². The van der Waals surface area contributed by atoms with Gasteiger partial charge in [0.15, 0.2) is 0 Å². The molecule has 0 heterocycles. The zero-order chi connectivity index (χ0) is 12.6. The Morgan fingerprint density at radius 1 is 1.31 bits per heavy atom. The molecule has 0 fully saturated rings. The smallest absolute Gasteiger partial charge is 0.207 e. The van der Waals surface area contributed by atoms with Crippen LogP contribution in [0.3, 0.4) is 0 Å². The van der Waals surface area contributed by atoms with E-state index in [0.717, 1.165) is 6.07 Å². The van der Waals surface area contributed by atoms with Crippen molar-refractivity contribution in [1.82, 2.24) is 4.72 Å². The zero-order valence-corrected chi connectivity index (χ0v) is 11.6. The fraction of sp³-hybridized carbons (Fsp3) is 0.400. The highest BCUT2D eigenvalue weighted by molar-refractivity contribution is 9.10. The highest BCUT2D eigenvalue weighted by Crippen LogP contribution is 2.25. The topological polar surface area (TPSA) is 46.2 Å². The van der Waals surface area contributed by atoms with E-state index in [-0.39, 0.29) is 9.37 Å². The van der Waals surface area contributed by atoms with Crippen LogP contribution in [0.1, 0.15) is 20.8 Å². The first kappa shape index (κ1) is 13.6. The highest BCUT2D eigenvalue weighted by Gasteiger charge is 2.26. The monoisotopic (exact) mass is 309 g/mol. The number of halogens is 2. The van der Waals surface area contributed by atoms with Gasteiger partial charge in [-0.15, -0.1) is 0 Å². The molecule has 3 nitrogen and oxygen atoms in total. The van der Waals surface area contributed by atoms with Gasteiger partial charge < -0.3 is 0 Å². The molecule has 1 N–H and O–H groups in total. The summed E-state index contributed by atoms with van der Waals surface area (Å²) in [6.07, 6.45) is 0. The summed E-state index contributed by atoms with van der Waals surface area (Å²) in [5.74, 6) is -0.772. The van der Waals surface area contributed by atoms with E-state index < -0.39 is 21.4 Å². The molecule has 0 unspecified atom stereocenters. The van der Waals surface area contributed by atoms with E-state index in [0.29, 0.717) is 0 Å². The maximum Gasteiger partial charge on any atom is 0.245 e. The molecule has 1 aromatic carbocycles. The maximum absolute atomic E-state index is 13.5. The lowest BCUT2D eigenvalue weighted by Crippen LogP contribution is -2.40. The molecule has 0 aromatic heterocycles. The van der Waals surface area contributed by atoms with Crippen molar-refractivity contribution >= 4 is 26.0 Å². The molecule has 6 heteroatoms. The van der Waals surface area contributed by atoms with Crippen LogP contribution in [0.2, 0.25) is 0 Å². The third-order valence-electron chi connectivity index (χ3n) is 1.63. The van der Waals surface area contributed by atoms with Gasteiger partial charge in [0.1, 0.15) is 10.7 Å². The van der Waals surface area contributed by atoms with Crippen LogP contribution in [0, 0.1) is 5.82 Å². The summed E-state index contributed by atoms with van der Waals surface area (Å²) in [5.41, 5.74) is -0.652. The SMILES string of the molecule is CC(C)(C)NS(=O)(=O)c1c(F)cccc1Br. The van der Waals surface area contributed by atoms with Crippen molar-refractivity contribution in [2.45, 2.75) is 31.2 Å². The van der Waals surface area contributed by atoms with Gasteiger partial charge in [-0.2, -0.15) is 0 Å². The van der Waals surface area contributed by atoms with Gasteiger partial charge in [0.05, 0.1) is 0 Å². The third-order valence-corrected chi connectivity index (χ3v) is 4.38. The molecule has 0 saturated carbocycles. The molecule has 0 bridgehead atoms. The van der Waals surface area contributed by atoms with E-state index in [2.05, 4.69) is 20.7 Å². The molecule has 0 saturated heterocycles. The summed E-state index contributed by atoms with van der Waals surface area (Å²) in [6, 6.07) is 4.04. The third kappa shape index (κ3) is 3.26. The van der Waals surface area contributed by atoms with Crippen molar-refractivity contribution < 1.29 is 12.8 Å². The number of nitrogens with one attached hydrogen (secondary N) is 1. The van der Waals surface area contributed by atoms with Gasteiger partial charge in [-0.1, -0.05) is 6.07 Å². The molecule has 0 aliphatic heterocycles. The standard InChI is InChI=1S/C10H13BrFNO2S/c1-10(2,3)13-16(14,15)9-7(11)5-4-6-8(9)12/h4-6,13H,1-3H3. The molecule has 0 radical (unpaired) electrons. The van der Waals surface area contributed by atoms with Crippen LogP contribution in [-0.2, 0) is 10.0 Å². The average Bonchev–Trinajstić information content (AvgIpc) is 1.97. The summed E-state index contributed by atoms with van der Waals surface area (Å²) in [5, 5.41) is 0. The second-order valence-corrected chi connectivity index (χ2v) is 6.88. The Balaban J connectivity index is 3.29. The maximum atomic E-state index is 13.5. The normalized spacial score (nSPS) is 12.8. The number of benzene rings is 1. The van der Waals surface area contributed by atoms with Crippen molar-refractivity contribution in [3.63, 3.8) is 0 Å². The number of hydrogen-bond acceptors (Lipinski definition) is 2. The minimum absolute atomic E-state index is 0.212. The largest absolute Gasteiger partial charge is 0.245 e. The first-order chi connectivity index (χ1) is 7.13. The van der Waals surface area contributed by atoms with Crippen LogP contribution in [0.15, 0.2) is 27.6 Å². The lowest BCUT2D eigenvalue weighted by Gasteiger charge is -2.21. The van der Waals surface area contributed by atoms with Crippen LogP contribution in [0.5, 0.6) is 0 Å². The van der Waals surface area contributed by atoms with Gasteiger partial charge in [-0.3, -0.25) is 0 Å². The van der Waals surface area contributed by atoms with Gasteiger partial charge >= 0.3 is 0 Å². The lowest BCUT2D eigenvalue weighted by atomic mass is 10.1. The second kappa shape index (κ2) is 4.43. The Morgan fingerprint density at radius 2 is 1.88 bits per heavy atom. The van der Waals surface area contributed by atoms with E-state index in [1.165, 1.54) is 12.1 Å². The minimum Gasteiger partial charge on any atom is -0.207 e. The molecular formula is C10H13BrFNO2S. The highest BCUT2D eigenvalue weighted by atomic mass is 79.9. The molecule has 1 rings (SSSR count). The Bertz CT molecular complexity index is 474. The van der Waals surface area contributed by atoms with Crippen LogP contribution in [0.25, 0.3) is 0 Å². The van der Waals surface area contributed by atoms with Gasteiger partial charge in [-0.05, 0) is 48.8 Å². The van der Waals surface area contributed by atoms with Crippen LogP contribution < -0.4 is 4.72 Å². The zero-order valence-electron chi connectivity index (χ0n) is 9.21. The summed E-state index contributed by atoms with van der Waals surface area (Å²) in [4.78, 5) is -0.357. The van der Waals surface area contributed by atoms with E-state index >= 15 is 0 Å². The van der Waals surface area contributed by atoms with Gasteiger partial charge in [0.25, 0.3) is 0 Å². The van der Waals surface area contributed by atoms with Gasteiger partial charge in [-0.25, -0.2) is 17.5 Å². The van der Waals surface area contributed by atoms with Crippen molar-refractivity contribution in [2.75, 3.05) is 0 Å². The predicted molar refractivity (Wildman–Crippen MR) is 64.2 cm³/mol. The fourth-order valence-corrected chi connectivity index (χ4v) is 3.73. The van der Waals surface area contributed by atoms with E-state index in [1.807, 2.05) is 0 Å².